The summed E-state index contributed by atoms with van der Waals surface area (Å²) in [6.07, 6.45) is 1.28. The summed E-state index contributed by atoms with van der Waals surface area (Å²) >= 11 is 5.51. The van der Waals surface area contributed by atoms with Crippen LogP contribution in [0.25, 0.3) is 0 Å². The van der Waals surface area contributed by atoms with Gasteiger partial charge in [-0.2, -0.15) is 11.8 Å². The molecule has 5 heteroatoms. The zero-order valence-electron chi connectivity index (χ0n) is 10.1. The van der Waals surface area contributed by atoms with Gasteiger partial charge in [-0.3, -0.25) is 4.99 Å². The van der Waals surface area contributed by atoms with E-state index in [9.17, 15) is 0 Å². The molecule has 0 aromatic heterocycles. The number of benzene rings is 1. The van der Waals surface area contributed by atoms with Crippen molar-refractivity contribution >= 4 is 39.3 Å². The molecule has 18 heavy (non-hydrogen) atoms. The molecule has 96 valence electrons. The van der Waals surface area contributed by atoms with Crippen LogP contribution in [0.3, 0.4) is 0 Å². The quantitative estimate of drug-likeness (QED) is 0.909. The zero-order valence-corrected chi connectivity index (χ0v) is 12.5. The molecule has 2 aliphatic heterocycles. The molecule has 0 saturated carbocycles. The van der Waals surface area contributed by atoms with Crippen LogP contribution in [-0.2, 0) is 0 Å². The highest BCUT2D eigenvalue weighted by molar-refractivity contribution is 9.10. The van der Waals surface area contributed by atoms with Gasteiger partial charge in [-0.15, -0.1) is 0 Å². The van der Waals surface area contributed by atoms with Crippen LogP contribution in [0.1, 0.15) is 6.42 Å². The van der Waals surface area contributed by atoms with Crippen molar-refractivity contribution in [1.29, 1.82) is 0 Å². The second-order valence-corrected chi connectivity index (χ2v) is 6.80. The number of aliphatic imine (C=N–C) groups is 1. The Morgan fingerprint density at radius 1 is 1.33 bits per heavy atom. The van der Waals surface area contributed by atoms with Crippen molar-refractivity contribution in [3.05, 3.63) is 28.7 Å². The summed E-state index contributed by atoms with van der Waals surface area (Å²) < 4.78 is 1.09. The monoisotopic (exact) mass is 325 g/mol. The van der Waals surface area contributed by atoms with E-state index in [0.29, 0.717) is 17.9 Å². The number of thioether (sulfide) groups is 1. The Labute approximate surface area is 120 Å². The summed E-state index contributed by atoms with van der Waals surface area (Å²) in [6.45, 7) is 0.840. The van der Waals surface area contributed by atoms with Crippen LogP contribution in [-0.4, -0.2) is 30.1 Å². The van der Waals surface area contributed by atoms with E-state index in [-0.39, 0.29) is 0 Å². The number of hydrogen-bond acceptors (Lipinski definition) is 4. The maximum absolute atomic E-state index is 6.06. The van der Waals surface area contributed by atoms with Crippen molar-refractivity contribution in [2.24, 2.45) is 16.6 Å². The van der Waals surface area contributed by atoms with Gasteiger partial charge in [-0.1, -0.05) is 15.9 Å². The Balaban J connectivity index is 1.86. The summed E-state index contributed by atoms with van der Waals surface area (Å²) in [5.74, 6) is 3.89. The molecular formula is C13H16BrN3S. The molecule has 2 atom stereocenters. The highest BCUT2D eigenvalue weighted by atomic mass is 79.9. The highest BCUT2D eigenvalue weighted by Crippen LogP contribution is 2.33. The minimum absolute atomic E-state index is 0.446. The average molecular weight is 326 g/mol. The van der Waals surface area contributed by atoms with Gasteiger partial charge in [0.15, 0.2) is 5.96 Å². The van der Waals surface area contributed by atoms with E-state index in [1.807, 2.05) is 11.8 Å². The van der Waals surface area contributed by atoms with E-state index >= 15 is 0 Å². The summed E-state index contributed by atoms with van der Waals surface area (Å²) in [4.78, 5) is 6.65. The predicted molar refractivity (Wildman–Crippen MR) is 82.3 cm³/mol. The van der Waals surface area contributed by atoms with Crippen molar-refractivity contribution < 1.29 is 0 Å². The second-order valence-electron chi connectivity index (χ2n) is 4.74. The number of halogens is 1. The molecule has 0 bridgehead atoms. The fourth-order valence-corrected chi connectivity index (χ4v) is 4.25. The van der Waals surface area contributed by atoms with E-state index in [0.717, 1.165) is 16.7 Å². The molecule has 1 aromatic carbocycles. The number of nitrogens with zero attached hydrogens (tertiary/aromatic N) is 2. The normalized spacial score (nSPS) is 27.6. The SMILES string of the molecule is NC1=NCC(C2CCSC2)N1c1ccc(Br)cc1. The predicted octanol–water partition coefficient (Wildman–Crippen LogP) is 2.71. The van der Waals surface area contributed by atoms with Crippen LogP contribution in [0.2, 0.25) is 0 Å². The molecule has 2 aliphatic rings. The number of guanidine groups is 1. The van der Waals surface area contributed by atoms with E-state index in [4.69, 9.17) is 5.73 Å². The topological polar surface area (TPSA) is 41.6 Å². The molecular weight excluding hydrogens is 310 g/mol. The molecule has 0 radical (unpaired) electrons. The lowest BCUT2D eigenvalue weighted by molar-refractivity contribution is 0.486. The van der Waals surface area contributed by atoms with E-state index in [2.05, 4.69) is 50.1 Å². The van der Waals surface area contributed by atoms with E-state index in [1.165, 1.54) is 17.9 Å². The lowest BCUT2D eigenvalue weighted by atomic mass is 9.98. The third-order valence-corrected chi connectivity index (χ3v) is 5.35. The first kappa shape index (κ1) is 12.4. The van der Waals surface area contributed by atoms with Gasteiger partial charge in [-0.25, -0.2) is 0 Å². The summed E-state index contributed by atoms with van der Waals surface area (Å²) in [5.41, 5.74) is 7.22. The number of hydrogen-bond donors (Lipinski definition) is 1. The van der Waals surface area contributed by atoms with E-state index < -0.39 is 0 Å². The van der Waals surface area contributed by atoms with E-state index in [1.54, 1.807) is 0 Å². The molecule has 2 N–H and O–H groups in total. The lowest BCUT2D eigenvalue weighted by Gasteiger charge is -2.30. The Morgan fingerprint density at radius 3 is 2.78 bits per heavy atom. The first-order valence-electron chi connectivity index (χ1n) is 6.18. The summed E-state index contributed by atoms with van der Waals surface area (Å²) in [6, 6.07) is 8.77. The van der Waals surface area contributed by atoms with Crippen LogP contribution in [0.4, 0.5) is 5.69 Å². The summed E-state index contributed by atoms with van der Waals surface area (Å²) in [5, 5.41) is 0. The fourth-order valence-electron chi connectivity index (χ4n) is 2.66. The Morgan fingerprint density at radius 2 is 2.11 bits per heavy atom. The number of rotatable bonds is 2. The molecule has 2 heterocycles. The summed E-state index contributed by atoms with van der Waals surface area (Å²) in [7, 11) is 0. The molecule has 3 nitrogen and oxygen atoms in total. The molecule has 3 rings (SSSR count). The van der Waals surface area contributed by atoms with Crippen molar-refractivity contribution in [3.8, 4) is 0 Å². The fraction of sp³-hybridized carbons (Fsp3) is 0.462. The molecule has 0 aliphatic carbocycles. The van der Waals surface area contributed by atoms with Crippen LogP contribution in [0.15, 0.2) is 33.7 Å². The standard InChI is InChI=1S/C13H16BrN3S/c14-10-1-3-11(4-2-10)17-12(7-16-13(17)15)9-5-6-18-8-9/h1-4,9,12H,5-8H2,(H2,15,16). The smallest absolute Gasteiger partial charge is 0.196 e. The Hall–Kier alpha value is -0.680. The largest absolute Gasteiger partial charge is 0.370 e. The van der Waals surface area contributed by atoms with Crippen molar-refractivity contribution in [1.82, 2.24) is 0 Å². The third-order valence-electron chi connectivity index (χ3n) is 3.63. The minimum atomic E-state index is 0.446. The van der Waals surface area contributed by atoms with Gasteiger partial charge in [0, 0.05) is 10.2 Å². The first-order chi connectivity index (χ1) is 8.75. The minimum Gasteiger partial charge on any atom is -0.370 e. The van der Waals surface area contributed by atoms with Crippen LogP contribution < -0.4 is 10.6 Å². The Kier molecular flexibility index (Phi) is 3.52. The highest BCUT2D eigenvalue weighted by Gasteiger charge is 2.35. The molecule has 1 fully saturated rings. The maximum Gasteiger partial charge on any atom is 0.196 e. The molecule has 0 spiro atoms. The molecule has 0 amide bonds. The second kappa shape index (κ2) is 5.13. The van der Waals surface area contributed by atoms with Gasteiger partial charge in [0.2, 0.25) is 0 Å². The van der Waals surface area contributed by atoms with Crippen molar-refractivity contribution in [2.75, 3.05) is 23.0 Å². The molecule has 2 unspecified atom stereocenters. The van der Waals surface area contributed by atoms with Gasteiger partial charge in [-0.05, 0) is 48.1 Å². The van der Waals surface area contributed by atoms with Crippen molar-refractivity contribution in [3.63, 3.8) is 0 Å². The maximum atomic E-state index is 6.06. The zero-order chi connectivity index (χ0) is 12.5. The van der Waals surface area contributed by atoms with Gasteiger partial charge in [0.25, 0.3) is 0 Å². The average Bonchev–Trinajstić information content (AvgIpc) is 2.99. The molecule has 1 aromatic rings. The Bertz CT molecular complexity index is 454. The first-order valence-corrected chi connectivity index (χ1v) is 8.13. The van der Waals surface area contributed by atoms with Crippen LogP contribution in [0.5, 0.6) is 0 Å². The number of anilines is 1. The van der Waals surface area contributed by atoms with Gasteiger partial charge < -0.3 is 10.6 Å². The third kappa shape index (κ3) is 2.26. The number of nitrogens with two attached hydrogens (primary N) is 1. The lowest BCUT2D eigenvalue weighted by Crippen LogP contribution is -2.44. The molecule has 1 saturated heterocycles. The van der Waals surface area contributed by atoms with Crippen LogP contribution >= 0.6 is 27.7 Å². The van der Waals surface area contributed by atoms with Gasteiger partial charge >= 0.3 is 0 Å². The van der Waals surface area contributed by atoms with Crippen LogP contribution in [0, 0.1) is 5.92 Å². The van der Waals surface area contributed by atoms with Gasteiger partial charge in [0.1, 0.15) is 0 Å². The van der Waals surface area contributed by atoms with Crippen molar-refractivity contribution in [2.45, 2.75) is 12.5 Å². The van der Waals surface area contributed by atoms with Gasteiger partial charge in [0.05, 0.1) is 12.6 Å².